The quantitative estimate of drug-likeness (QED) is 0.673. The third-order valence-corrected chi connectivity index (χ3v) is 6.02. The van der Waals surface area contributed by atoms with Crippen molar-refractivity contribution in [1.29, 1.82) is 0 Å². The molecule has 2 heterocycles. The fourth-order valence-electron chi connectivity index (χ4n) is 3.47. The van der Waals surface area contributed by atoms with Gasteiger partial charge in [0.15, 0.2) is 5.13 Å². The van der Waals surface area contributed by atoms with Crippen molar-refractivity contribution in [3.8, 4) is 11.5 Å². The molecule has 1 aliphatic rings. The lowest BCUT2D eigenvalue weighted by Crippen LogP contribution is -2.45. The molecule has 1 aliphatic heterocycles. The molecule has 4 rings (SSSR count). The Morgan fingerprint density at radius 1 is 1.10 bits per heavy atom. The molecular formula is C22H24N4O3S. The minimum atomic E-state index is -0.111. The van der Waals surface area contributed by atoms with Crippen LogP contribution in [0.3, 0.4) is 0 Å². The van der Waals surface area contributed by atoms with Crippen molar-refractivity contribution in [3.63, 3.8) is 0 Å². The number of nitrogens with zero attached hydrogens (tertiary/aromatic N) is 3. The van der Waals surface area contributed by atoms with Crippen LogP contribution in [0.25, 0.3) is 10.2 Å². The third kappa shape index (κ3) is 4.54. The van der Waals surface area contributed by atoms with Crippen LogP contribution in [0.1, 0.15) is 12.8 Å². The molecule has 3 amide bonds. The first kappa shape index (κ1) is 20.2. The van der Waals surface area contributed by atoms with Crippen LogP contribution in [0.4, 0.5) is 9.93 Å². The molecule has 0 unspecified atom stereocenters. The zero-order valence-corrected chi connectivity index (χ0v) is 17.8. The van der Waals surface area contributed by atoms with E-state index in [0.29, 0.717) is 31.1 Å². The number of thiazole rings is 1. The molecule has 1 N–H and O–H groups in total. The van der Waals surface area contributed by atoms with Crippen LogP contribution in [-0.4, -0.2) is 53.9 Å². The van der Waals surface area contributed by atoms with Crippen molar-refractivity contribution in [2.75, 3.05) is 32.5 Å². The maximum Gasteiger partial charge on any atom is 0.319 e. The van der Waals surface area contributed by atoms with Gasteiger partial charge in [-0.15, -0.1) is 0 Å². The molecule has 1 aromatic heterocycles. The summed E-state index contributed by atoms with van der Waals surface area (Å²) in [6.45, 7) is 1.18. The molecule has 3 aromatic rings. The Hall–Kier alpha value is -3.13. The van der Waals surface area contributed by atoms with Crippen molar-refractivity contribution in [3.05, 3.63) is 48.5 Å². The Morgan fingerprint density at radius 2 is 1.83 bits per heavy atom. The summed E-state index contributed by atoms with van der Waals surface area (Å²) in [5.74, 6) is 1.36. The maximum atomic E-state index is 12.7. The fraction of sp³-hybridized carbons (Fsp3) is 0.318. The van der Waals surface area contributed by atoms with Gasteiger partial charge >= 0.3 is 6.03 Å². The molecule has 0 atom stereocenters. The highest BCUT2D eigenvalue weighted by atomic mass is 32.1. The number of aromatic nitrogens is 1. The molecule has 0 aliphatic carbocycles. The van der Waals surface area contributed by atoms with Gasteiger partial charge in [-0.3, -0.25) is 4.79 Å². The smallest absolute Gasteiger partial charge is 0.319 e. The van der Waals surface area contributed by atoms with Gasteiger partial charge in [-0.1, -0.05) is 29.5 Å². The van der Waals surface area contributed by atoms with Gasteiger partial charge < -0.3 is 19.9 Å². The largest absolute Gasteiger partial charge is 0.457 e. The number of fused-ring (bicyclic) bond motifs is 1. The predicted molar refractivity (Wildman–Crippen MR) is 118 cm³/mol. The lowest BCUT2D eigenvalue weighted by atomic mass is 9.96. The summed E-state index contributed by atoms with van der Waals surface area (Å²) >= 11 is 1.43. The Bertz CT molecular complexity index is 1040. The van der Waals surface area contributed by atoms with E-state index in [4.69, 9.17) is 4.74 Å². The number of anilines is 1. The summed E-state index contributed by atoms with van der Waals surface area (Å²) in [7, 11) is 3.48. The average molecular weight is 425 g/mol. The Morgan fingerprint density at radius 3 is 2.53 bits per heavy atom. The number of para-hydroxylation sites is 1. The van der Waals surface area contributed by atoms with Crippen molar-refractivity contribution >= 4 is 38.6 Å². The monoisotopic (exact) mass is 424 g/mol. The first-order valence-corrected chi connectivity index (χ1v) is 10.7. The number of hydrogen-bond donors (Lipinski definition) is 1. The first-order valence-electron chi connectivity index (χ1n) is 9.90. The van der Waals surface area contributed by atoms with E-state index in [0.717, 1.165) is 21.7 Å². The molecule has 0 radical (unpaired) electrons. The van der Waals surface area contributed by atoms with Crippen LogP contribution < -0.4 is 10.1 Å². The van der Waals surface area contributed by atoms with E-state index in [1.165, 1.54) is 11.3 Å². The first-order chi connectivity index (χ1) is 14.5. The number of carbonyl (C=O) groups is 2. The number of carbonyl (C=O) groups excluding carboxylic acids is 2. The zero-order valence-electron chi connectivity index (χ0n) is 17.0. The summed E-state index contributed by atoms with van der Waals surface area (Å²) in [5, 5.41) is 3.53. The normalized spacial score (nSPS) is 14.5. The second-order valence-electron chi connectivity index (χ2n) is 7.49. The maximum absolute atomic E-state index is 12.7. The molecule has 0 spiro atoms. The minimum absolute atomic E-state index is 0.00597. The number of rotatable bonds is 4. The minimum Gasteiger partial charge on any atom is -0.457 e. The van der Waals surface area contributed by atoms with Crippen LogP contribution >= 0.6 is 11.3 Å². The van der Waals surface area contributed by atoms with E-state index >= 15 is 0 Å². The molecule has 156 valence electrons. The van der Waals surface area contributed by atoms with Crippen molar-refractivity contribution in [2.24, 2.45) is 5.92 Å². The summed E-state index contributed by atoms with van der Waals surface area (Å²) < 4.78 is 6.82. The van der Waals surface area contributed by atoms with Crippen molar-refractivity contribution in [2.45, 2.75) is 12.8 Å². The lowest BCUT2D eigenvalue weighted by Gasteiger charge is -2.32. The highest BCUT2D eigenvalue weighted by Gasteiger charge is 2.28. The summed E-state index contributed by atoms with van der Waals surface area (Å²) in [5.41, 5.74) is 0.821. The Labute approximate surface area is 179 Å². The SMILES string of the molecule is CN(C)C(=O)N1CCC(C(=O)Nc2nc3ccc(Oc4ccccc4)cc3s2)CC1. The van der Waals surface area contributed by atoms with E-state index in [2.05, 4.69) is 10.3 Å². The molecule has 2 aromatic carbocycles. The number of hydrogen-bond acceptors (Lipinski definition) is 5. The lowest BCUT2D eigenvalue weighted by molar-refractivity contribution is -0.121. The molecule has 7 nitrogen and oxygen atoms in total. The molecule has 30 heavy (non-hydrogen) atoms. The molecule has 8 heteroatoms. The average Bonchev–Trinajstić information content (AvgIpc) is 3.15. The van der Waals surface area contributed by atoms with Gasteiger partial charge in [0.2, 0.25) is 5.91 Å². The van der Waals surface area contributed by atoms with E-state index in [9.17, 15) is 9.59 Å². The van der Waals surface area contributed by atoms with Crippen LogP contribution in [0, 0.1) is 5.92 Å². The van der Waals surface area contributed by atoms with Crippen molar-refractivity contribution in [1.82, 2.24) is 14.8 Å². The van der Waals surface area contributed by atoms with Crippen LogP contribution in [0.15, 0.2) is 48.5 Å². The number of piperidine rings is 1. The second-order valence-corrected chi connectivity index (χ2v) is 8.52. The van der Waals surface area contributed by atoms with Gasteiger partial charge in [0.25, 0.3) is 0 Å². The number of ether oxygens (including phenoxy) is 1. The Balaban J connectivity index is 1.38. The van der Waals surface area contributed by atoms with E-state index in [1.54, 1.807) is 23.9 Å². The topological polar surface area (TPSA) is 74.8 Å². The van der Waals surface area contributed by atoms with Crippen molar-refractivity contribution < 1.29 is 14.3 Å². The highest BCUT2D eigenvalue weighted by molar-refractivity contribution is 7.22. The van der Waals surface area contributed by atoms with Gasteiger partial charge in [0.05, 0.1) is 10.2 Å². The van der Waals surface area contributed by atoms with E-state index in [1.807, 2.05) is 48.5 Å². The highest BCUT2D eigenvalue weighted by Crippen LogP contribution is 2.32. The van der Waals surface area contributed by atoms with Crippen LogP contribution in [0.5, 0.6) is 11.5 Å². The van der Waals surface area contributed by atoms with Gasteiger partial charge in [-0.25, -0.2) is 9.78 Å². The van der Waals surface area contributed by atoms with Crippen LogP contribution in [-0.2, 0) is 4.79 Å². The fourth-order valence-corrected chi connectivity index (χ4v) is 4.37. The van der Waals surface area contributed by atoms with E-state index in [-0.39, 0.29) is 17.9 Å². The number of likely N-dealkylation sites (tertiary alicyclic amines) is 1. The standard InChI is InChI=1S/C22H24N4O3S/c1-25(2)22(28)26-12-10-15(11-13-26)20(27)24-21-23-18-9-8-17(14-19(18)30-21)29-16-6-4-3-5-7-16/h3-9,14-15H,10-13H2,1-2H3,(H,23,24,27). The number of benzene rings is 2. The number of amides is 3. The van der Waals surface area contributed by atoms with Gasteiger partial charge in [-0.2, -0.15) is 0 Å². The van der Waals surface area contributed by atoms with Crippen LogP contribution in [0.2, 0.25) is 0 Å². The predicted octanol–water partition coefficient (Wildman–Crippen LogP) is 4.42. The summed E-state index contributed by atoms with van der Waals surface area (Å²) in [4.78, 5) is 32.6. The molecule has 1 fully saturated rings. The summed E-state index contributed by atoms with van der Waals surface area (Å²) in [6.07, 6.45) is 1.32. The number of nitrogens with one attached hydrogen (secondary N) is 1. The molecular weight excluding hydrogens is 400 g/mol. The second kappa shape index (κ2) is 8.71. The number of urea groups is 1. The third-order valence-electron chi connectivity index (χ3n) is 5.09. The molecule has 1 saturated heterocycles. The van der Waals surface area contributed by atoms with Gasteiger partial charge in [0, 0.05) is 39.2 Å². The van der Waals surface area contributed by atoms with E-state index < -0.39 is 0 Å². The summed E-state index contributed by atoms with van der Waals surface area (Å²) in [6, 6.07) is 15.3. The molecule has 0 bridgehead atoms. The van der Waals surface area contributed by atoms with Gasteiger partial charge in [-0.05, 0) is 37.1 Å². The molecule has 0 saturated carbocycles. The van der Waals surface area contributed by atoms with Gasteiger partial charge in [0.1, 0.15) is 11.5 Å². The zero-order chi connectivity index (χ0) is 21.1. The Kier molecular flexibility index (Phi) is 5.85.